The fourth-order valence-corrected chi connectivity index (χ4v) is 1.65. The van der Waals surface area contributed by atoms with Gasteiger partial charge in [0.05, 0.1) is 6.61 Å². The standard InChI is InChI=1S/C14H21NO2S/c1-3-4-7-16-8-9-17-13-6-5-12(14(15)18)10-11(13)2/h5-6,10H,3-4,7-9H2,1-2H3,(H2,15,18). The molecule has 0 fully saturated rings. The molecule has 1 rings (SSSR count). The first-order valence-electron chi connectivity index (χ1n) is 6.26. The Morgan fingerprint density at radius 1 is 1.28 bits per heavy atom. The van der Waals surface area contributed by atoms with E-state index in [0.717, 1.165) is 36.3 Å². The Labute approximate surface area is 114 Å². The van der Waals surface area contributed by atoms with Gasteiger partial charge in [0.15, 0.2) is 0 Å². The Kier molecular flexibility index (Phi) is 6.68. The van der Waals surface area contributed by atoms with Crippen LogP contribution in [0.1, 0.15) is 30.9 Å². The second-order valence-electron chi connectivity index (χ2n) is 4.16. The van der Waals surface area contributed by atoms with Crippen LogP contribution in [0, 0.1) is 6.92 Å². The van der Waals surface area contributed by atoms with E-state index in [1.807, 2.05) is 25.1 Å². The third kappa shape index (κ3) is 5.02. The molecule has 0 aliphatic carbocycles. The molecule has 0 saturated carbocycles. The fourth-order valence-electron chi connectivity index (χ4n) is 1.52. The highest BCUT2D eigenvalue weighted by molar-refractivity contribution is 7.80. The van der Waals surface area contributed by atoms with E-state index in [1.165, 1.54) is 0 Å². The molecule has 0 aromatic heterocycles. The molecule has 0 spiro atoms. The Balaban J connectivity index is 2.36. The van der Waals surface area contributed by atoms with Crippen LogP contribution >= 0.6 is 12.2 Å². The highest BCUT2D eigenvalue weighted by atomic mass is 32.1. The van der Waals surface area contributed by atoms with Crippen LogP contribution in [-0.2, 0) is 4.74 Å². The van der Waals surface area contributed by atoms with E-state index >= 15 is 0 Å². The molecule has 0 saturated heterocycles. The number of rotatable bonds is 8. The molecule has 0 bridgehead atoms. The van der Waals surface area contributed by atoms with Crippen LogP contribution in [0.5, 0.6) is 5.75 Å². The van der Waals surface area contributed by atoms with Crippen molar-refractivity contribution < 1.29 is 9.47 Å². The van der Waals surface area contributed by atoms with Crippen LogP contribution in [0.3, 0.4) is 0 Å². The lowest BCUT2D eigenvalue weighted by Gasteiger charge is -2.10. The summed E-state index contributed by atoms with van der Waals surface area (Å²) in [7, 11) is 0. The zero-order valence-electron chi connectivity index (χ0n) is 11.1. The summed E-state index contributed by atoms with van der Waals surface area (Å²) in [6.07, 6.45) is 2.25. The minimum Gasteiger partial charge on any atom is -0.491 e. The first-order chi connectivity index (χ1) is 8.65. The molecular formula is C14H21NO2S. The SMILES string of the molecule is CCCCOCCOc1ccc(C(N)=S)cc1C. The van der Waals surface area contributed by atoms with Crippen molar-refractivity contribution in [2.45, 2.75) is 26.7 Å². The summed E-state index contributed by atoms with van der Waals surface area (Å²) in [6, 6.07) is 5.72. The Morgan fingerprint density at radius 3 is 2.67 bits per heavy atom. The van der Waals surface area contributed by atoms with Crippen molar-refractivity contribution in [1.82, 2.24) is 0 Å². The summed E-state index contributed by atoms with van der Waals surface area (Å²) >= 11 is 4.93. The van der Waals surface area contributed by atoms with Crippen LogP contribution < -0.4 is 10.5 Å². The Hall–Kier alpha value is -1.13. The molecule has 1 aromatic carbocycles. The van der Waals surface area contributed by atoms with Gasteiger partial charge in [-0.25, -0.2) is 0 Å². The molecule has 2 N–H and O–H groups in total. The molecule has 1 aromatic rings. The maximum absolute atomic E-state index is 5.64. The molecule has 3 nitrogen and oxygen atoms in total. The van der Waals surface area contributed by atoms with Gasteiger partial charge in [0.25, 0.3) is 0 Å². The molecule has 0 atom stereocenters. The van der Waals surface area contributed by atoms with Crippen LogP contribution in [-0.4, -0.2) is 24.8 Å². The molecule has 4 heteroatoms. The maximum atomic E-state index is 5.64. The summed E-state index contributed by atoms with van der Waals surface area (Å²) < 4.78 is 11.1. The second-order valence-corrected chi connectivity index (χ2v) is 4.60. The van der Waals surface area contributed by atoms with Crippen molar-refractivity contribution in [3.05, 3.63) is 29.3 Å². The molecule has 0 amide bonds. The van der Waals surface area contributed by atoms with Gasteiger partial charge in [0.1, 0.15) is 17.3 Å². The zero-order chi connectivity index (χ0) is 13.4. The van der Waals surface area contributed by atoms with Crippen LogP contribution in [0.2, 0.25) is 0 Å². The van der Waals surface area contributed by atoms with Gasteiger partial charge in [-0.1, -0.05) is 25.6 Å². The third-order valence-corrected chi connectivity index (χ3v) is 2.82. The van der Waals surface area contributed by atoms with Crippen molar-refractivity contribution >= 4 is 17.2 Å². The first kappa shape index (κ1) is 14.9. The summed E-state index contributed by atoms with van der Waals surface area (Å²) in [5, 5.41) is 0. The van der Waals surface area contributed by atoms with Crippen molar-refractivity contribution in [3.63, 3.8) is 0 Å². The van der Waals surface area contributed by atoms with Gasteiger partial charge in [-0.2, -0.15) is 0 Å². The van der Waals surface area contributed by atoms with Gasteiger partial charge in [-0.15, -0.1) is 0 Å². The van der Waals surface area contributed by atoms with Gasteiger partial charge in [-0.05, 0) is 37.1 Å². The average molecular weight is 267 g/mol. The topological polar surface area (TPSA) is 44.5 Å². The van der Waals surface area contributed by atoms with Crippen LogP contribution in [0.4, 0.5) is 0 Å². The number of aryl methyl sites for hydroxylation is 1. The van der Waals surface area contributed by atoms with E-state index in [-0.39, 0.29) is 0 Å². The van der Waals surface area contributed by atoms with Crippen molar-refractivity contribution in [2.75, 3.05) is 19.8 Å². The quantitative estimate of drug-likeness (QED) is 0.581. The van der Waals surface area contributed by atoms with E-state index in [2.05, 4.69) is 6.92 Å². The number of hydrogen-bond donors (Lipinski definition) is 1. The molecule has 0 aliphatic heterocycles. The minimum absolute atomic E-state index is 0.410. The van der Waals surface area contributed by atoms with E-state index in [9.17, 15) is 0 Å². The number of unbranched alkanes of at least 4 members (excludes halogenated alkanes) is 1. The highest BCUT2D eigenvalue weighted by Gasteiger charge is 2.02. The summed E-state index contributed by atoms with van der Waals surface area (Å²) in [6.45, 7) is 6.12. The number of nitrogens with two attached hydrogens (primary N) is 1. The van der Waals surface area contributed by atoms with Crippen molar-refractivity contribution in [2.24, 2.45) is 5.73 Å². The predicted molar refractivity (Wildman–Crippen MR) is 78.3 cm³/mol. The zero-order valence-corrected chi connectivity index (χ0v) is 11.9. The maximum Gasteiger partial charge on any atom is 0.122 e. The third-order valence-electron chi connectivity index (χ3n) is 2.59. The normalized spacial score (nSPS) is 10.3. The molecule has 0 aliphatic rings. The van der Waals surface area contributed by atoms with E-state index < -0.39 is 0 Å². The largest absolute Gasteiger partial charge is 0.491 e. The monoisotopic (exact) mass is 267 g/mol. The number of benzene rings is 1. The summed E-state index contributed by atoms with van der Waals surface area (Å²) in [5.74, 6) is 0.856. The molecule has 18 heavy (non-hydrogen) atoms. The molecule has 0 unspecified atom stereocenters. The van der Waals surface area contributed by atoms with Crippen molar-refractivity contribution in [1.29, 1.82) is 0 Å². The molecule has 0 heterocycles. The molecule has 0 radical (unpaired) electrons. The van der Waals surface area contributed by atoms with Crippen LogP contribution in [0.25, 0.3) is 0 Å². The summed E-state index contributed by atoms with van der Waals surface area (Å²) in [4.78, 5) is 0.410. The molecular weight excluding hydrogens is 246 g/mol. The summed E-state index contributed by atoms with van der Waals surface area (Å²) in [5.41, 5.74) is 7.48. The highest BCUT2D eigenvalue weighted by Crippen LogP contribution is 2.19. The number of hydrogen-bond acceptors (Lipinski definition) is 3. The fraction of sp³-hybridized carbons (Fsp3) is 0.500. The molecule has 100 valence electrons. The number of thiocarbonyl (C=S) groups is 1. The minimum atomic E-state index is 0.410. The van der Waals surface area contributed by atoms with Gasteiger partial charge in [0.2, 0.25) is 0 Å². The van der Waals surface area contributed by atoms with Crippen molar-refractivity contribution in [3.8, 4) is 5.75 Å². The van der Waals surface area contributed by atoms with E-state index in [4.69, 9.17) is 27.4 Å². The Bertz CT molecular complexity index is 393. The first-order valence-corrected chi connectivity index (χ1v) is 6.67. The average Bonchev–Trinajstić information content (AvgIpc) is 2.35. The van der Waals surface area contributed by atoms with Gasteiger partial charge in [0, 0.05) is 12.2 Å². The van der Waals surface area contributed by atoms with Gasteiger partial charge < -0.3 is 15.2 Å². The van der Waals surface area contributed by atoms with Crippen LogP contribution in [0.15, 0.2) is 18.2 Å². The smallest absolute Gasteiger partial charge is 0.122 e. The second kappa shape index (κ2) is 8.06. The predicted octanol–water partition coefficient (Wildman–Crippen LogP) is 2.82. The lowest BCUT2D eigenvalue weighted by Crippen LogP contribution is -2.11. The number of ether oxygens (including phenoxy) is 2. The van der Waals surface area contributed by atoms with Gasteiger partial charge in [-0.3, -0.25) is 0 Å². The lowest BCUT2D eigenvalue weighted by atomic mass is 10.1. The Morgan fingerprint density at radius 2 is 2.06 bits per heavy atom. The van der Waals surface area contributed by atoms with E-state index in [1.54, 1.807) is 0 Å². The lowest BCUT2D eigenvalue weighted by molar-refractivity contribution is 0.0978. The van der Waals surface area contributed by atoms with Gasteiger partial charge >= 0.3 is 0 Å². The van der Waals surface area contributed by atoms with E-state index in [0.29, 0.717) is 18.2 Å².